The second-order valence-corrected chi connectivity index (χ2v) is 4.53. The first-order valence-corrected chi connectivity index (χ1v) is 5.78. The Bertz CT molecular complexity index is 266. The van der Waals surface area contributed by atoms with E-state index in [2.05, 4.69) is 10.6 Å². The molecule has 2 amide bonds. The fourth-order valence-electron chi connectivity index (χ4n) is 1.77. The maximum Gasteiger partial charge on any atom is 0.239 e. The Kier molecular flexibility index (Phi) is 4.73. The minimum absolute atomic E-state index is 0.0290. The molecule has 5 heteroatoms. The molecule has 0 bridgehead atoms. The van der Waals surface area contributed by atoms with Crippen LogP contribution in [0.4, 0.5) is 0 Å². The Balaban J connectivity index is 2.16. The molecule has 92 valence electrons. The van der Waals surface area contributed by atoms with E-state index in [0.717, 1.165) is 13.0 Å². The third-order valence-electron chi connectivity index (χ3n) is 2.62. The first-order valence-electron chi connectivity index (χ1n) is 5.78. The van der Waals surface area contributed by atoms with E-state index in [1.807, 2.05) is 13.8 Å². The zero-order chi connectivity index (χ0) is 12.1. The summed E-state index contributed by atoms with van der Waals surface area (Å²) >= 11 is 0. The van der Waals surface area contributed by atoms with Gasteiger partial charge in [-0.2, -0.15) is 0 Å². The number of likely N-dealkylation sites (N-methyl/N-ethyl adjacent to an activating group) is 1. The monoisotopic (exact) mass is 227 g/mol. The van der Waals surface area contributed by atoms with Gasteiger partial charge in [0.1, 0.15) is 0 Å². The molecule has 1 unspecified atom stereocenters. The lowest BCUT2D eigenvalue weighted by atomic mass is 10.2. The van der Waals surface area contributed by atoms with E-state index in [9.17, 15) is 9.59 Å². The molecule has 0 spiro atoms. The highest BCUT2D eigenvalue weighted by Crippen LogP contribution is 2.07. The maximum absolute atomic E-state index is 11.5. The second kappa shape index (κ2) is 5.84. The number of hydrogen-bond donors (Lipinski definition) is 2. The Morgan fingerprint density at radius 2 is 2.25 bits per heavy atom. The van der Waals surface area contributed by atoms with Crippen molar-refractivity contribution >= 4 is 11.8 Å². The van der Waals surface area contributed by atoms with Crippen molar-refractivity contribution in [1.29, 1.82) is 0 Å². The molecule has 0 saturated carbocycles. The van der Waals surface area contributed by atoms with Crippen molar-refractivity contribution in [2.24, 2.45) is 0 Å². The van der Waals surface area contributed by atoms with Crippen LogP contribution in [0.25, 0.3) is 0 Å². The van der Waals surface area contributed by atoms with Gasteiger partial charge in [-0.1, -0.05) is 0 Å². The van der Waals surface area contributed by atoms with E-state index in [-0.39, 0.29) is 23.9 Å². The molecule has 1 heterocycles. The molecule has 2 N–H and O–H groups in total. The zero-order valence-corrected chi connectivity index (χ0v) is 10.2. The Morgan fingerprint density at radius 1 is 1.56 bits per heavy atom. The molecule has 0 radical (unpaired) electrons. The largest absolute Gasteiger partial charge is 0.354 e. The first-order chi connectivity index (χ1) is 7.50. The van der Waals surface area contributed by atoms with Crippen molar-refractivity contribution in [3.05, 3.63) is 0 Å². The zero-order valence-electron chi connectivity index (χ0n) is 10.2. The molecule has 16 heavy (non-hydrogen) atoms. The fourth-order valence-corrected chi connectivity index (χ4v) is 1.77. The second-order valence-electron chi connectivity index (χ2n) is 4.53. The van der Waals surface area contributed by atoms with Gasteiger partial charge < -0.3 is 15.5 Å². The molecular weight excluding hydrogens is 206 g/mol. The van der Waals surface area contributed by atoms with Crippen LogP contribution in [0.2, 0.25) is 0 Å². The van der Waals surface area contributed by atoms with Crippen LogP contribution in [-0.2, 0) is 9.59 Å². The fraction of sp³-hybridized carbons (Fsp3) is 0.818. The molecular formula is C11H21N3O2. The third-order valence-corrected chi connectivity index (χ3v) is 2.62. The minimum Gasteiger partial charge on any atom is -0.354 e. The highest BCUT2D eigenvalue weighted by atomic mass is 16.2. The minimum atomic E-state index is -0.100. The van der Waals surface area contributed by atoms with Crippen molar-refractivity contribution in [1.82, 2.24) is 15.5 Å². The van der Waals surface area contributed by atoms with Crippen molar-refractivity contribution in [2.45, 2.75) is 38.8 Å². The molecule has 1 rings (SSSR count). The highest BCUT2D eigenvalue weighted by molar-refractivity contribution is 5.83. The number of nitrogens with one attached hydrogen (secondary N) is 2. The number of nitrogens with zero attached hydrogens (tertiary/aromatic N) is 1. The molecule has 0 aromatic carbocycles. The third kappa shape index (κ3) is 3.81. The van der Waals surface area contributed by atoms with Crippen LogP contribution in [-0.4, -0.2) is 48.9 Å². The molecule has 1 aliphatic rings. The van der Waals surface area contributed by atoms with Gasteiger partial charge in [-0.15, -0.1) is 0 Å². The van der Waals surface area contributed by atoms with Crippen LogP contribution in [0, 0.1) is 0 Å². The summed E-state index contributed by atoms with van der Waals surface area (Å²) in [5.41, 5.74) is 0. The summed E-state index contributed by atoms with van der Waals surface area (Å²) in [6, 6.07) is 0.0728. The van der Waals surface area contributed by atoms with E-state index in [1.54, 1.807) is 11.9 Å². The normalized spacial score (nSPS) is 20.6. The smallest absolute Gasteiger partial charge is 0.239 e. The number of rotatable bonds is 5. The molecule has 0 aromatic heterocycles. The van der Waals surface area contributed by atoms with Crippen molar-refractivity contribution < 1.29 is 9.59 Å². The van der Waals surface area contributed by atoms with Gasteiger partial charge in [-0.3, -0.25) is 9.59 Å². The van der Waals surface area contributed by atoms with Gasteiger partial charge in [-0.25, -0.2) is 0 Å². The molecule has 0 aliphatic carbocycles. The predicted molar refractivity (Wildman–Crippen MR) is 61.9 cm³/mol. The van der Waals surface area contributed by atoms with Crippen molar-refractivity contribution in [2.75, 3.05) is 20.1 Å². The number of likely N-dealkylation sites (tertiary alicyclic amines) is 1. The van der Waals surface area contributed by atoms with Crippen LogP contribution >= 0.6 is 0 Å². The standard InChI is InChI=1S/C11H21N3O2/c1-8(2)13-10(15)4-6-12-9-5-7-14(3)11(9)16/h8-9,12H,4-7H2,1-3H3,(H,13,15). The number of carbonyl (C=O) groups excluding carboxylic acids is 2. The van der Waals surface area contributed by atoms with Gasteiger partial charge in [0.25, 0.3) is 0 Å². The predicted octanol–water partition coefficient (Wildman–Crippen LogP) is -0.279. The Hall–Kier alpha value is -1.10. The molecule has 1 atom stereocenters. The first kappa shape index (κ1) is 13.0. The lowest BCUT2D eigenvalue weighted by Gasteiger charge is -2.12. The van der Waals surface area contributed by atoms with Crippen LogP contribution in [0.15, 0.2) is 0 Å². The summed E-state index contributed by atoms with van der Waals surface area (Å²) in [6.45, 7) is 5.22. The SMILES string of the molecule is CC(C)NC(=O)CCNC1CCN(C)C1=O. The number of amides is 2. The van der Waals surface area contributed by atoms with Gasteiger partial charge in [0, 0.05) is 32.6 Å². The number of hydrogen-bond acceptors (Lipinski definition) is 3. The molecule has 1 fully saturated rings. The van der Waals surface area contributed by atoms with Crippen LogP contribution in [0.5, 0.6) is 0 Å². The molecule has 1 aliphatic heterocycles. The summed E-state index contributed by atoms with van der Waals surface area (Å²) in [6.07, 6.45) is 1.26. The number of carbonyl (C=O) groups is 2. The van der Waals surface area contributed by atoms with Gasteiger partial charge in [0.2, 0.25) is 11.8 Å². The van der Waals surface area contributed by atoms with E-state index in [4.69, 9.17) is 0 Å². The van der Waals surface area contributed by atoms with Crippen molar-refractivity contribution in [3.8, 4) is 0 Å². The van der Waals surface area contributed by atoms with E-state index >= 15 is 0 Å². The summed E-state index contributed by atoms with van der Waals surface area (Å²) < 4.78 is 0. The van der Waals surface area contributed by atoms with Crippen LogP contribution in [0.3, 0.4) is 0 Å². The summed E-state index contributed by atoms with van der Waals surface area (Å²) in [4.78, 5) is 24.6. The molecule has 0 aromatic rings. The highest BCUT2D eigenvalue weighted by Gasteiger charge is 2.28. The lowest BCUT2D eigenvalue weighted by Crippen LogP contribution is -2.39. The molecule has 1 saturated heterocycles. The van der Waals surface area contributed by atoms with Crippen LogP contribution in [0.1, 0.15) is 26.7 Å². The quantitative estimate of drug-likeness (QED) is 0.679. The van der Waals surface area contributed by atoms with Gasteiger partial charge >= 0.3 is 0 Å². The maximum atomic E-state index is 11.5. The summed E-state index contributed by atoms with van der Waals surface area (Å²) in [5.74, 6) is 0.158. The summed E-state index contributed by atoms with van der Waals surface area (Å²) in [5, 5.41) is 5.93. The average molecular weight is 227 g/mol. The van der Waals surface area contributed by atoms with Gasteiger partial charge in [0.05, 0.1) is 6.04 Å². The van der Waals surface area contributed by atoms with Crippen molar-refractivity contribution in [3.63, 3.8) is 0 Å². The van der Waals surface area contributed by atoms with E-state index in [1.165, 1.54) is 0 Å². The average Bonchev–Trinajstić information content (AvgIpc) is 2.48. The topological polar surface area (TPSA) is 61.4 Å². The van der Waals surface area contributed by atoms with E-state index in [0.29, 0.717) is 13.0 Å². The Morgan fingerprint density at radius 3 is 2.75 bits per heavy atom. The lowest BCUT2D eigenvalue weighted by molar-refractivity contribution is -0.128. The Labute approximate surface area is 96.6 Å². The summed E-state index contributed by atoms with van der Waals surface area (Å²) in [7, 11) is 1.80. The van der Waals surface area contributed by atoms with E-state index < -0.39 is 0 Å². The van der Waals surface area contributed by atoms with Gasteiger partial charge in [0.15, 0.2) is 0 Å². The molecule has 5 nitrogen and oxygen atoms in total. The van der Waals surface area contributed by atoms with Gasteiger partial charge in [-0.05, 0) is 20.3 Å². The van der Waals surface area contributed by atoms with Crippen LogP contribution < -0.4 is 10.6 Å².